The third-order valence-electron chi connectivity index (χ3n) is 2.54. The molecule has 0 aliphatic rings. The van der Waals surface area contributed by atoms with E-state index in [0.29, 0.717) is 4.47 Å². The van der Waals surface area contributed by atoms with Crippen molar-refractivity contribution >= 4 is 33.8 Å². The molecule has 0 atom stereocenters. The Morgan fingerprint density at radius 2 is 1.67 bits per heavy atom. The second kappa shape index (κ2) is 7.72. The molecule has 0 saturated carbocycles. The molecule has 1 rings (SSSR count). The van der Waals surface area contributed by atoms with Crippen LogP contribution in [0.2, 0.25) is 0 Å². The molecular weight excluding hydrogens is 349 g/mol. The lowest BCUT2D eigenvalue weighted by Crippen LogP contribution is -2.40. The first-order chi connectivity index (χ1) is 9.88. The minimum atomic E-state index is -0.709. The Morgan fingerprint density at radius 1 is 1.14 bits per heavy atom. The SMILES string of the molecule is COC(=O)CN(CC(=O)OC)C(=O)c1cc(F)ccc1Br. The van der Waals surface area contributed by atoms with Crippen molar-refractivity contribution in [3.05, 3.63) is 34.1 Å². The number of methoxy groups -OCH3 is 2. The second-order valence-electron chi connectivity index (χ2n) is 3.94. The van der Waals surface area contributed by atoms with E-state index in [2.05, 4.69) is 25.4 Å². The van der Waals surface area contributed by atoms with Crippen molar-refractivity contribution < 1.29 is 28.2 Å². The Labute approximate surface area is 128 Å². The van der Waals surface area contributed by atoms with Gasteiger partial charge < -0.3 is 14.4 Å². The fourth-order valence-corrected chi connectivity index (χ4v) is 1.89. The first-order valence-corrected chi connectivity index (χ1v) is 6.56. The molecule has 1 amide bonds. The van der Waals surface area contributed by atoms with Crippen molar-refractivity contribution in [2.75, 3.05) is 27.3 Å². The molecule has 0 aliphatic heterocycles. The Kier molecular flexibility index (Phi) is 6.29. The van der Waals surface area contributed by atoms with Gasteiger partial charge in [-0.2, -0.15) is 0 Å². The number of amides is 1. The van der Waals surface area contributed by atoms with Crippen LogP contribution in [0.25, 0.3) is 0 Å². The van der Waals surface area contributed by atoms with Crippen molar-refractivity contribution in [3.8, 4) is 0 Å². The summed E-state index contributed by atoms with van der Waals surface area (Å²) in [6.45, 7) is -0.902. The zero-order valence-corrected chi connectivity index (χ0v) is 13.0. The van der Waals surface area contributed by atoms with Gasteiger partial charge in [0.15, 0.2) is 0 Å². The molecule has 0 fully saturated rings. The second-order valence-corrected chi connectivity index (χ2v) is 4.79. The average molecular weight is 362 g/mol. The van der Waals surface area contributed by atoms with Gasteiger partial charge in [0, 0.05) is 4.47 Å². The maximum Gasteiger partial charge on any atom is 0.325 e. The zero-order chi connectivity index (χ0) is 16.0. The summed E-state index contributed by atoms with van der Waals surface area (Å²) in [5.41, 5.74) is -0.0113. The summed E-state index contributed by atoms with van der Waals surface area (Å²) >= 11 is 3.12. The molecule has 0 aliphatic carbocycles. The number of esters is 2. The maximum absolute atomic E-state index is 13.3. The van der Waals surface area contributed by atoms with Crippen LogP contribution in [0.3, 0.4) is 0 Å². The zero-order valence-electron chi connectivity index (χ0n) is 11.4. The summed E-state index contributed by atoms with van der Waals surface area (Å²) in [7, 11) is 2.31. The Bertz CT molecular complexity index is 545. The van der Waals surface area contributed by atoms with Gasteiger partial charge in [-0.3, -0.25) is 14.4 Å². The summed E-state index contributed by atoms with van der Waals surface area (Å²) in [5, 5.41) is 0. The van der Waals surface area contributed by atoms with E-state index in [9.17, 15) is 18.8 Å². The predicted octanol–water partition coefficient (Wildman–Crippen LogP) is 1.38. The van der Waals surface area contributed by atoms with Crippen LogP contribution in [-0.4, -0.2) is 50.1 Å². The Balaban J connectivity index is 3.05. The molecule has 0 saturated heterocycles. The largest absolute Gasteiger partial charge is 0.468 e. The van der Waals surface area contributed by atoms with Gasteiger partial charge in [0.2, 0.25) is 0 Å². The molecular formula is C13H13BrFNO5. The third kappa shape index (κ3) is 4.82. The first-order valence-electron chi connectivity index (χ1n) is 5.77. The normalized spacial score (nSPS) is 9.90. The van der Waals surface area contributed by atoms with E-state index < -0.39 is 36.8 Å². The smallest absolute Gasteiger partial charge is 0.325 e. The van der Waals surface area contributed by atoms with Gasteiger partial charge in [-0.25, -0.2) is 4.39 Å². The van der Waals surface area contributed by atoms with Gasteiger partial charge in [-0.1, -0.05) is 0 Å². The molecule has 8 heteroatoms. The molecule has 0 spiro atoms. The van der Waals surface area contributed by atoms with E-state index in [-0.39, 0.29) is 5.56 Å². The van der Waals surface area contributed by atoms with E-state index in [4.69, 9.17) is 0 Å². The molecule has 0 radical (unpaired) electrons. The van der Waals surface area contributed by atoms with Gasteiger partial charge in [0.25, 0.3) is 5.91 Å². The van der Waals surface area contributed by atoms with Crippen molar-refractivity contribution in [2.45, 2.75) is 0 Å². The number of hydrogen-bond donors (Lipinski definition) is 0. The highest BCUT2D eigenvalue weighted by molar-refractivity contribution is 9.10. The fourth-order valence-electron chi connectivity index (χ4n) is 1.47. The molecule has 1 aromatic carbocycles. The molecule has 0 unspecified atom stereocenters. The van der Waals surface area contributed by atoms with E-state index in [1.165, 1.54) is 12.1 Å². The fraction of sp³-hybridized carbons (Fsp3) is 0.308. The summed E-state index contributed by atoms with van der Waals surface area (Å²) < 4.78 is 22.5. The van der Waals surface area contributed by atoms with Crippen molar-refractivity contribution in [2.24, 2.45) is 0 Å². The molecule has 1 aromatic rings. The average Bonchev–Trinajstić information content (AvgIpc) is 2.47. The van der Waals surface area contributed by atoms with E-state index in [0.717, 1.165) is 25.2 Å². The minimum Gasteiger partial charge on any atom is -0.468 e. The summed E-state index contributed by atoms with van der Waals surface area (Å²) in [5.74, 6) is -2.73. The van der Waals surface area contributed by atoms with Gasteiger partial charge >= 0.3 is 11.9 Å². The Hall–Kier alpha value is -1.96. The number of ether oxygens (including phenoxy) is 2. The number of benzene rings is 1. The van der Waals surface area contributed by atoms with Gasteiger partial charge in [-0.05, 0) is 34.1 Å². The highest BCUT2D eigenvalue weighted by Crippen LogP contribution is 2.19. The van der Waals surface area contributed by atoms with Crippen LogP contribution in [0, 0.1) is 5.82 Å². The van der Waals surface area contributed by atoms with Gasteiger partial charge in [0.05, 0.1) is 19.8 Å². The van der Waals surface area contributed by atoms with Crippen LogP contribution in [-0.2, 0) is 19.1 Å². The number of carbonyl (C=O) groups excluding carboxylic acids is 3. The van der Waals surface area contributed by atoms with Crippen LogP contribution >= 0.6 is 15.9 Å². The maximum atomic E-state index is 13.3. The van der Waals surface area contributed by atoms with Crippen LogP contribution in [0.15, 0.2) is 22.7 Å². The van der Waals surface area contributed by atoms with Gasteiger partial charge in [0.1, 0.15) is 18.9 Å². The Morgan fingerprint density at radius 3 is 2.14 bits per heavy atom. The topological polar surface area (TPSA) is 72.9 Å². The van der Waals surface area contributed by atoms with E-state index in [1.54, 1.807) is 0 Å². The highest BCUT2D eigenvalue weighted by atomic mass is 79.9. The minimum absolute atomic E-state index is 0.0113. The lowest BCUT2D eigenvalue weighted by Gasteiger charge is -2.20. The van der Waals surface area contributed by atoms with E-state index in [1.807, 2.05) is 0 Å². The standard InChI is InChI=1S/C13H13BrFNO5/c1-20-11(17)6-16(7-12(18)21-2)13(19)9-5-8(15)3-4-10(9)14/h3-5H,6-7H2,1-2H3. The highest BCUT2D eigenvalue weighted by Gasteiger charge is 2.24. The molecule has 0 N–H and O–H groups in total. The van der Waals surface area contributed by atoms with Crippen LogP contribution in [0.1, 0.15) is 10.4 Å². The number of nitrogens with zero attached hydrogens (tertiary/aromatic N) is 1. The molecule has 0 bridgehead atoms. The molecule has 0 heterocycles. The van der Waals surface area contributed by atoms with Crippen molar-refractivity contribution in [1.82, 2.24) is 4.90 Å². The molecule has 21 heavy (non-hydrogen) atoms. The third-order valence-corrected chi connectivity index (χ3v) is 3.23. The monoisotopic (exact) mass is 361 g/mol. The predicted molar refractivity (Wildman–Crippen MR) is 74.0 cm³/mol. The molecule has 0 aromatic heterocycles. The van der Waals surface area contributed by atoms with Crippen LogP contribution in [0.5, 0.6) is 0 Å². The number of carbonyl (C=O) groups is 3. The van der Waals surface area contributed by atoms with Gasteiger partial charge in [-0.15, -0.1) is 0 Å². The molecule has 114 valence electrons. The molecule has 6 nitrogen and oxygen atoms in total. The van der Waals surface area contributed by atoms with Crippen LogP contribution in [0.4, 0.5) is 4.39 Å². The van der Waals surface area contributed by atoms with Crippen LogP contribution < -0.4 is 0 Å². The van der Waals surface area contributed by atoms with Crippen molar-refractivity contribution in [1.29, 1.82) is 0 Å². The number of rotatable bonds is 5. The number of halogens is 2. The summed E-state index contributed by atoms with van der Waals surface area (Å²) in [4.78, 5) is 35.9. The lowest BCUT2D eigenvalue weighted by atomic mass is 10.2. The summed E-state index contributed by atoms with van der Waals surface area (Å²) in [6, 6.07) is 3.54. The lowest BCUT2D eigenvalue weighted by molar-refractivity contribution is -0.144. The van der Waals surface area contributed by atoms with E-state index >= 15 is 0 Å². The quantitative estimate of drug-likeness (QED) is 0.740. The number of hydrogen-bond acceptors (Lipinski definition) is 5. The summed E-state index contributed by atoms with van der Waals surface area (Å²) in [6.07, 6.45) is 0. The first kappa shape index (κ1) is 17.1. The van der Waals surface area contributed by atoms with Crippen molar-refractivity contribution in [3.63, 3.8) is 0 Å².